The second kappa shape index (κ2) is 6.17. The van der Waals surface area contributed by atoms with E-state index in [1.807, 2.05) is 0 Å². The molecule has 0 spiro atoms. The van der Waals surface area contributed by atoms with Crippen molar-refractivity contribution in [1.29, 1.82) is 0 Å². The summed E-state index contributed by atoms with van der Waals surface area (Å²) in [5, 5.41) is 20.1. The van der Waals surface area contributed by atoms with Gasteiger partial charge in [-0.05, 0) is 17.7 Å². The SMILES string of the molecule is CC(=O)SCC(O)C(O)c1ccc2nc[nH]c(=O)c2c1. The van der Waals surface area contributed by atoms with Gasteiger partial charge in [-0.2, -0.15) is 0 Å². The first-order valence-electron chi connectivity index (χ1n) is 5.96. The van der Waals surface area contributed by atoms with E-state index in [1.54, 1.807) is 12.1 Å². The van der Waals surface area contributed by atoms with Crippen molar-refractivity contribution in [3.63, 3.8) is 0 Å². The fraction of sp³-hybridized carbons (Fsp3) is 0.308. The van der Waals surface area contributed by atoms with E-state index in [0.717, 1.165) is 11.8 Å². The monoisotopic (exact) mass is 294 g/mol. The van der Waals surface area contributed by atoms with Crippen molar-refractivity contribution < 1.29 is 15.0 Å². The van der Waals surface area contributed by atoms with Gasteiger partial charge in [0, 0.05) is 12.7 Å². The van der Waals surface area contributed by atoms with E-state index in [9.17, 15) is 19.8 Å². The van der Waals surface area contributed by atoms with Crippen molar-refractivity contribution in [3.8, 4) is 0 Å². The zero-order valence-corrected chi connectivity index (χ0v) is 11.6. The summed E-state index contributed by atoms with van der Waals surface area (Å²) < 4.78 is 0. The smallest absolute Gasteiger partial charge is 0.258 e. The van der Waals surface area contributed by atoms with Crippen LogP contribution < -0.4 is 5.56 Å². The number of nitrogens with one attached hydrogen (secondary N) is 1. The van der Waals surface area contributed by atoms with Crippen LogP contribution in [-0.2, 0) is 4.79 Å². The second-order valence-corrected chi connectivity index (χ2v) is 5.52. The maximum absolute atomic E-state index is 11.6. The van der Waals surface area contributed by atoms with Crippen LogP contribution >= 0.6 is 11.8 Å². The van der Waals surface area contributed by atoms with Crippen molar-refractivity contribution in [2.45, 2.75) is 19.1 Å². The molecular formula is C13H14N2O4S. The summed E-state index contributed by atoms with van der Waals surface area (Å²) in [5.74, 6) is 0.0952. The molecule has 2 aromatic rings. The van der Waals surface area contributed by atoms with E-state index in [0.29, 0.717) is 16.5 Å². The Morgan fingerprint density at radius 2 is 2.20 bits per heavy atom. The fourth-order valence-electron chi connectivity index (χ4n) is 1.79. The summed E-state index contributed by atoms with van der Waals surface area (Å²) in [5.41, 5.74) is 0.613. The summed E-state index contributed by atoms with van der Waals surface area (Å²) in [6.07, 6.45) is -0.943. The number of fused-ring (bicyclic) bond motifs is 1. The number of hydrogen-bond donors (Lipinski definition) is 3. The molecule has 2 rings (SSSR count). The molecule has 2 atom stereocenters. The third-order valence-electron chi connectivity index (χ3n) is 2.83. The van der Waals surface area contributed by atoms with Gasteiger partial charge in [-0.25, -0.2) is 4.98 Å². The fourth-order valence-corrected chi connectivity index (χ4v) is 2.37. The van der Waals surface area contributed by atoms with Crippen LogP contribution in [0.4, 0.5) is 0 Å². The lowest BCUT2D eigenvalue weighted by molar-refractivity contribution is -0.109. The number of thioether (sulfide) groups is 1. The predicted molar refractivity (Wildman–Crippen MR) is 76.5 cm³/mol. The van der Waals surface area contributed by atoms with Gasteiger partial charge in [0.1, 0.15) is 6.10 Å². The highest BCUT2D eigenvalue weighted by molar-refractivity contribution is 8.13. The highest BCUT2D eigenvalue weighted by Gasteiger charge is 2.19. The van der Waals surface area contributed by atoms with Gasteiger partial charge in [0.15, 0.2) is 5.12 Å². The van der Waals surface area contributed by atoms with Crippen molar-refractivity contribution in [2.24, 2.45) is 0 Å². The molecule has 0 saturated carbocycles. The molecular weight excluding hydrogens is 280 g/mol. The van der Waals surface area contributed by atoms with Gasteiger partial charge in [0.2, 0.25) is 0 Å². The molecule has 2 unspecified atom stereocenters. The van der Waals surface area contributed by atoms with Crippen molar-refractivity contribution in [1.82, 2.24) is 9.97 Å². The minimum atomic E-state index is -1.16. The molecule has 0 aliphatic carbocycles. The summed E-state index contributed by atoms with van der Waals surface area (Å²) in [6, 6.07) is 4.70. The summed E-state index contributed by atoms with van der Waals surface area (Å²) in [6.45, 7) is 1.39. The Balaban J connectivity index is 2.26. The summed E-state index contributed by atoms with van der Waals surface area (Å²) in [7, 11) is 0. The Morgan fingerprint density at radius 1 is 1.45 bits per heavy atom. The normalized spacial score (nSPS) is 14.2. The quantitative estimate of drug-likeness (QED) is 0.763. The average Bonchev–Trinajstić information content (AvgIpc) is 2.44. The van der Waals surface area contributed by atoms with Crippen LogP contribution in [0.2, 0.25) is 0 Å². The molecule has 0 fully saturated rings. The van der Waals surface area contributed by atoms with Crippen LogP contribution in [0.3, 0.4) is 0 Å². The predicted octanol–water partition coefficient (Wildman–Crippen LogP) is 0.597. The lowest BCUT2D eigenvalue weighted by Crippen LogP contribution is -2.21. The molecule has 0 aliphatic heterocycles. The van der Waals surface area contributed by atoms with E-state index in [4.69, 9.17) is 0 Å². The van der Waals surface area contributed by atoms with Crippen LogP contribution in [0.1, 0.15) is 18.6 Å². The first-order valence-corrected chi connectivity index (χ1v) is 6.94. The maximum atomic E-state index is 11.6. The van der Waals surface area contributed by atoms with Crippen molar-refractivity contribution in [3.05, 3.63) is 40.4 Å². The Kier molecular flexibility index (Phi) is 4.53. The first-order chi connectivity index (χ1) is 9.49. The molecule has 7 heteroatoms. The highest BCUT2D eigenvalue weighted by atomic mass is 32.2. The van der Waals surface area contributed by atoms with E-state index >= 15 is 0 Å². The first kappa shape index (κ1) is 14.7. The van der Waals surface area contributed by atoms with Gasteiger partial charge in [-0.1, -0.05) is 17.8 Å². The number of carbonyl (C=O) groups is 1. The van der Waals surface area contributed by atoms with Crippen molar-refractivity contribution in [2.75, 3.05) is 5.75 Å². The van der Waals surface area contributed by atoms with Gasteiger partial charge in [-0.15, -0.1) is 0 Å². The summed E-state index contributed by atoms with van der Waals surface area (Å²) in [4.78, 5) is 28.9. The highest BCUT2D eigenvalue weighted by Crippen LogP contribution is 2.22. The number of aromatic amines is 1. The molecule has 0 aliphatic rings. The van der Waals surface area contributed by atoms with E-state index < -0.39 is 12.2 Å². The molecule has 0 amide bonds. The van der Waals surface area contributed by atoms with Gasteiger partial charge < -0.3 is 15.2 Å². The van der Waals surface area contributed by atoms with Gasteiger partial charge in [0.05, 0.1) is 23.3 Å². The zero-order valence-electron chi connectivity index (χ0n) is 10.7. The number of aliphatic hydroxyl groups is 2. The largest absolute Gasteiger partial charge is 0.389 e. The minimum Gasteiger partial charge on any atom is -0.389 e. The molecule has 20 heavy (non-hydrogen) atoms. The molecule has 0 saturated heterocycles. The molecule has 0 radical (unpaired) electrons. The maximum Gasteiger partial charge on any atom is 0.258 e. The van der Waals surface area contributed by atoms with E-state index in [2.05, 4.69) is 9.97 Å². The lowest BCUT2D eigenvalue weighted by atomic mass is 10.0. The van der Waals surface area contributed by atoms with Crippen LogP contribution in [0.5, 0.6) is 0 Å². The number of carbonyl (C=O) groups excluding carboxylic acids is 1. The molecule has 3 N–H and O–H groups in total. The number of aliphatic hydroxyl groups excluding tert-OH is 2. The molecule has 6 nitrogen and oxygen atoms in total. The number of rotatable bonds is 4. The molecule has 1 heterocycles. The Hall–Kier alpha value is -1.70. The Labute approximate surface area is 118 Å². The molecule has 0 bridgehead atoms. The molecule has 1 aromatic carbocycles. The number of benzene rings is 1. The second-order valence-electron chi connectivity index (χ2n) is 4.32. The van der Waals surface area contributed by atoms with Crippen LogP contribution in [0.15, 0.2) is 29.3 Å². The number of aromatic nitrogens is 2. The standard InChI is InChI=1S/C13H14N2O4S/c1-7(16)20-5-11(17)12(18)8-2-3-10-9(4-8)13(19)15-6-14-10/h2-4,6,11-12,17-18H,5H2,1H3,(H,14,15,19). The zero-order chi connectivity index (χ0) is 14.7. The van der Waals surface area contributed by atoms with E-state index in [-0.39, 0.29) is 16.4 Å². The van der Waals surface area contributed by atoms with Gasteiger partial charge >= 0.3 is 0 Å². The van der Waals surface area contributed by atoms with Crippen molar-refractivity contribution >= 4 is 27.8 Å². The minimum absolute atomic E-state index is 0.0952. The lowest BCUT2D eigenvalue weighted by Gasteiger charge is -2.17. The molecule has 1 aromatic heterocycles. The van der Waals surface area contributed by atoms with E-state index in [1.165, 1.54) is 19.3 Å². The Bertz CT molecular complexity index is 685. The number of nitrogens with zero attached hydrogens (tertiary/aromatic N) is 1. The van der Waals surface area contributed by atoms with Gasteiger partial charge in [0.25, 0.3) is 5.56 Å². The topological polar surface area (TPSA) is 103 Å². The van der Waals surface area contributed by atoms with Gasteiger partial charge in [-0.3, -0.25) is 9.59 Å². The third kappa shape index (κ3) is 3.24. The van der Waals surface area contributed by atoms with Crippen LogP contribution in [0.25, 0.3) is 10.9 Å². The molecule has 106 valence electrons. The third-order valence-corrected chi connectivity index (χ3v) is 3.74. The summed E-state index contributed by atoms with van der Waals surface area (Å²) >= 11 is 0.940. The average molecular weight is 294 g/mol. The number of hydrogen-bond acceptors (Lipinski definition) is 6. The van der Waals surface area contributed by atoms with Crippen LogP contribution in [0, 0.1) is 0 Å². The van der Waals surface area contributed by atoms with Crippen LogP contribution in [-0.4, -0.2) is 37.2 Å². The Morgan fingerprint density at radius 3 is 2.90 bits per heavy atom. The number of H-pyrrole nitrogens is 1.